The van der Waals surface area contributed by atoms with Crippen molar-refractivity contribution in [3.05, 3.63) is 0 Å². The van der Waals surface area contributed by atoms with Gasteiger partial charge >= 0.3 is 23.9 Å². The lowest BCUT2D eigenvalue weighted by Gasteiger charge is -2.06. The first-order valence-corrected chi connectivity index (χ1v) is 4.60. The second kappa shape index (κ2) is 2.44. The van der Waals surface area contributed by atoms with Gasteiger partial charge in [0.2, 0.25) is 0 Å². The first-order valence-electron chi connectivity index (χ1n) is 4.60. The van der Waals surface area contributed by atoms with E-state index in [4.69, 9.17) is 0 Å². The molecule has 15 heavy (non-hydrogen) atoms. The van der Waals surface area contributed by atoms with Crippen LogP contribution >= 0.6 is 0 Å². The Kier molecular flexibility index (Phi) is 1.40. The van der Waals surface area contributed by atoms with E-state index < -0.39 is 47.5 Å². The quantitative estimate of drug-likeness (QED) is 0.377. The monoisotopic (exact) mass is 210 g/mol. The van der Waals surface area contributed by atoms with Crippen LogP contribution in [0.1, 0.15) is 6.42 Å². The minimum absolute atomic E-state index is 0.185. The van der Waals surface area contributed by atoms with Gasteiger partial charge in [-0.1, -0.05) is 0 Å². The summed E-state index contributed by atoms with van der Waals surface area (Å²) in [5.41, 5.74) is 0. The fourth-order valence-electron chi connectivity index (χ4n) is 2.66. The van der Waals surface area contributed by atoms with Gasteiger partial charge in [0.05, 0.1) is 23.7 Å². The maximum absolute atomic E-state index is 11.3. The molecule has 3 fully saturated rings. The standard InChI is InChI=1S/C9H6O6/c10-6-2-1-3-5(4(2)8(12)14-6)9(13)15-7(3)11/h2-5H,1H2/t2-,3+,4-,5-/m1/s1. The zero-order chi connectivity index (χ0) is 10.7. The minimum atomic E-state index is -0.804. The van der Waals surface area contributed by atoms with Crippen LogP contribution in [0.4, 0.5) is 0 Å². The van der Waals surface area contributed by atoms with Gasteiger partial charge in [-0.15, -0.1) is 0 Å². The van der Waals surface area contributed by atoms with Gasteiger partial charge in [0.15, 0.2) is 0 Å². The lowest BCUT2D eigenvalue weighted by Crippen LogP contribution is -2.24. The second-order valence-electron chi connectivity index (χ2n) is 3.98. The number of fused-ring (bicyclic) bond motifs is 3. The van der Waals surface area contributed by atoms with Gasteiger partial charge in [-0.3, -0.25) is 19.2 Å². The van der Waals surface area contributed by atoms with E-state index in [-0.39, 0.29) is 6.42 Å². The molecular formula is C9H6O6. The topological polar surface area (TPSA) is 86.7 Å². The van der Waals surface area contributed by atoms with Gasteiger partial charge in [0, 0.05) is 0 Å². The van der Waals surface area contributed by atoms with E-state index in [2.05, 4.69) is 9.47 Å². The van der Waals surface area contributed by atoms with Crippen LogP contribution in [0.3, 0.4) is 0 Å². The average Bonchev–Trinajstić information content (AvgIpc) is 2.72. The smallest absolute Gasteiger partial charge is 0.318 e. The zero-order valence-corrected chi connectivity index (χ0v) is 7.47. The fourth-order valence-corrected chi connectivity index (χ4v) is 2.66. The first-order chi connectivity index (χ1) is 7.09. The van der Waals surface area contributed by atoms with Crippen LogP contribution in [0, 0.1) is 23.7 Å². The summed E-state index contributed by atoms with van der Waals surface area (Å²) in [7, 11) is 0. The number of hydrogen-bond acceptors (Lipinski definition) is 6. The van der Waals surface area contributed by atoms with Gasteiger partial charge in [-0.05, 0) is 6.42 Å². The van der Waals surface area contributed by atoms with Crippen molar-refractivity contribution in [2.24, 2.45) is 23.7 Å². The molecule has 0 radical (unpaired) electrons. The Labute approximate surface area is 83.5 Å². The highest BCUT2D eigenvalue weighted by atomic mass is 16.6. The van der Waals surface area contributed by atoms with Crippen molar-refractivity contribution in [1.82, 2.24) is 0 Å². The van der Waals surface area contributed by atoms with Crippen molar-refractivity contribution in [3.63, 3.8) is 0 Å². The Balaban J connectivity index is 2.03. The lowest BCUT2D eigenvalue weighted by atomic mass is 9.90. The van der Waals surface area contributed by atoms with E-state index in [0.717, 1.165) is 0 Å². The summed E-state index contributed by atoms with van der Waals surface area (Å²) in [5.74, 6) is -5.54. The van der Waals surface area contributed by atoms with E-state index in [1.807, 2.05) is 0 Å². The summed E-state index contributed by atoms with van der Waals surface area (Å²) in [6.07, 6.45) is 0.185. The highest BCUT2D eigenvalue weighted by Gasteiger charge is 2.64. The van der Waals surface area contributed by atoms with E-state index in [1.165, 1.54) is 0 Å². The Morgan fingerprint density at radius 3 is 1.53 bits per heavy atom. The number of carbonyl (C=O) groups is 4. The van der Waals surface area contributed by atoms with Crippen LogP contribution in [-0.4, -0.2) is 23.9 Å². The third-order valence-electron chi connectivity index (χ3n) is 3.31. The van der Waals surface area contributed by atoms with Crippen LogP contribution in [0.25, 0.3) is 0 Å². The summed E-state index contributed by atoms with van der Waals surface area (Å²) in [5, 5.41) is 0. The highest BCUT2D eigenvalue weighted by Crippen LogP contribution is 2.49. The summed E-state index contributed by atoms with van der Waals surface area (Å²) in [6, 6.07) is 0. The van der Waals surface area contributed by atoms with E-state index in [9.17, 15) is 19.2 Å². The molecule has 0 aromatic heterocycles. The van der Waals surface area contributed by atoms with Crippen molar-refractivity contribution in [1.29, 1.82) is 0 Å². The summed E-state index contributed by atoms with van der Waals surface area (Å²) in [6.45, 7) is 0. The normalized spacial score (nSPS) is 42.7. The number of hydrogen-bond donors (Lipinski definition) is 0. The van der Waals surface area contributed by atoms with Crippen LogP contribution in [0.5, 0.6) is 0 Å². The Hall–Kier alpha value is -1.72. The Morgan fingerprint density at radius 2 is 1.13 bits per heavy atom. The largest absolute Gasteiger partial charge is 0.393 e. The van der Waals surface area contributed by atoms with Crippen molar-refractivity contribution in [2.75, 3.05) is 0 Å². The molecule has 0 unspecified atom stereocenters. The first kappa shape index (κ1) is 8.58. The molecule has 1 aliphatic carbocycles. The molecule has 0 spiro atoms. The van der Waals surface area contributed by atoms with Crippen LogP contribution in [-0.2, 0) is 28.7 Å². The molecule has 0 bridgehead atoms. The molecule has 4 atom stereocenters. The zero-order valence-electron chi connectivity index (χ0n) is 7.47. The minimum Gasteiger partial charge on any atom is -0.393 e. The molecule has 2 heterocycles. The van der Waals surface area contributed by atoms with Gasteiger partial charge in [-0.25, -0.2) is 0 Å². The molecule has 6 nitrogen and oxygen atoms in total. The lowest BCUT2D eigenvalue weighted by molar-refractivity contribution is -0.158. The van der Waals surface area contributed by atoms with Gasteiger partial charge in [0.25, 0.3) is 0 Å². The van der Waals surface area contributed by atoms with Crippen molar-refractivity contribution >= 4 is 23.9 Å². The molecule has 0 N–H and O–H groups in total. The van der Waals surface area contributed by atoms with E-state index in [0.29, 0.717) is 0 Å². The molecule has 3 aliphatic rings. The fraction of sp³-hybridized carbons (Fsp3) is 0.556. The Bertz CT molecular complexity index is 373. The maximum atomic E-state index is 11.3. The van der Waals surface area contributed by atoms with Crippen molar-refractivity contribution < 1.29 is 28.7 Å². The number of carbonyl (C=O) groups excluding carboxylic acids is 4. The number of ether oxygens (including phenoxy) is 2. The summed E-state index contributed by atoms with van der Waals surface area (Å²) < 4.78 is 8.85. The van der Waals surface area contributed by atoms with Crippen LogP contribution in [0.15, 0.2) is 0 Å². The highest BCUT2D eigenvalue weighted by molar-refractivity contribution is 6.05. The molecule has 0 amide bonds. The van der Waals surface area contributed by atoms with Gasteiger partial charge in [0.1, 0.15) is 0 Å². The maximum Gasteiger partial charge on any atom is 0.318 e. The average molecular weight is 210 g/mol. The predicted octanol–water partition coefficient (Wildman–Crippen LogP) is -0.978. The van der Waals surface area contributed by atoms with E-state index >= 15 is 0 Å². The SMILES string of the molecule is O=C1OC(=O)[C@H]2C[C@H]3C(=O)OC(=O)[C@H]3[C@H]12. The summed E-state index contributed by atoms with van der Waals surface area (Å²) >= 11 is 0. The van der Waals surface area contributed by atoms with Gasteiger partial charge in [-0.2, -0.15) is 0 Å². The molecule has 78 valence electrons. The Morgan fingerprint density at radius 1 is 0.733 bits per heavy atom. The number of cyclic esters (lactones) is 4. The third-order valence-corrected chi connectivity index (χ3v) is 3.31. The number of rotatable bonds is 0. The molecule has 3 rings (SSSR count). The molecular weight excluding hydrogens is 204 g/mol. The molecule has 2 aliphatic heterocycles. The third kappa shape index (κ3) is 0.886. The second-order valence-corrected chi connectivity index (χ2v) is 3.98. The van der Waals surface area contributed by atoms with Crippen molar-refractivity contribution in [3.8, 4) is 0 Å². The summed E-state index contributed by atoms with van der Waals surface area (Å²) in [4.78, 5) is 45.0. The predicted molar refractivity (Wildman–Crippen MR) is 40.8 cm³/mol. The van der Waals surface area contributed by atoms with Gasteiger partial charge < -0.3 is 9.47 Å². The molecule has 6 heteroatoms. The molecule has 0 aromatic carbocycles. The van der Waals surface area contributed by atoms with E-state index in [1.54, 1.807) is 0 Å². The number of esters is 4. The van der Waals surface area contributed by atoms with Crippen LogP contribution < -0.4 is 0 Å². The molecule has 0 aromatic rings. The van der Waals surface area contributed by atoms with Crippen molar-refractivity contribution in [2.45, 2.75) is 6.42 Å². The molecule has 2 saturated heterocycles. The van der Waals surface area contributed by atoms with Crippen LogP contribution in [0.2, 0.25) is 0 Å². The molecule has 1 saturated carbocycles.